The third-order valence-corrected chi connectivity index (χ3v) is 10.6. The molecule has 0 N–H and O–H groups in total. The van der Waals surface area contributed by atoms with Crippen molar-refractivity contribution in [1.82, 2.24) is 4.90 Å². The molecule has 2 aromatic carbocycles. The van der Waals surface area contributed by atoms with Gasteiger partial charge in [0.1, 0.15) is 11.6 Å². The Balaban J connectivity index is 1.95. The van der Waals surface area contributed by atoms with E-state index < -0.39 is 26.1 Å². The van der Waals surface area contributed by atoms with E-state index in [2.05, 4.69) is 45.0 Å². The molecule has 0 spiro atoms. The first kappa shape index (κ1) is 23.2. The highest BCUT2D eigenvalue weighted by atomic mass is 28.4. The zero-order chi connectivity index (χ0) is 22.9. The van der Waals surface area contributed by atoms with Crippen molar-refractivity contribution in [2.45, 2.75) is 58.2 Å². The number of Topliss-reactive ketones (excluding diaryl/α,β-unsaturated/α-hetero) is 1. The minimum atomic E-state index is -2.77. The minimum Gasteiger partial charge on any atom is -0.444 e. The monoisotopic (exact) mass is 439 g/mol. The summed E-state index contributed by atoms with van der Waals surface area (Å²) >= 11 is 0. The van der Waals surface area contributed by atoms with Crippen LogP contribution in [0.3, 0.4) is 0 Å². The summed E-state index contributed by atoms with van der Waals surface area (Å²) in [5.41, 5.74) is -0.612. The van der Waals surface area contributed by atoms with Gasteiger partial charge in [0.2, 0.25) is 0 Å². The zero-order valence-corrected chi connectivity index (χ0v) is 20.3. The third-order valence-electron chi connectivity index (χ3n) is 5.58. The quantitative estimate of drug-likeness (QED) is 0.666. The van der Waals surface area contributed by atoms with Crippen LogP contribution in [0.1, 0.15) is 41.5 Å². The number of benzene rings is 2. The van der Waals surface area contributed by atoms with Gasteiger partial charge in [0.15, 0.2) is 5.78 Å². The van der Waals surface area contributed by atoms with Crippen molar-refractivity contribution in [3.63, 3.8) is 0 Å². The van der Waals surface area contributed by atoms with Crippen LogP contribution >= 0.6 is 0 Å². The van der Waals surface area contributed by atoms with Crippen molar-refractivity contribution in [3.05, 3.63) is 60.7 Å². The molecule has 1 heterocycles. The van der Waals surface area contributed by atoms with Crippen LogP contribution in [0.25, 0.3) is 0 Å². The Labute approximate surface area is 186 Å². The number of amides is 1. The van der Waals surface area contributed by atoms with E-state index in [0.717, 1.165) is 10.4 Å². The summed E-state index contributed by atoms with van der Waals surface area (Å²) < 4.78 is 12.3. The van der Waals surface area contributed by atoms with Gasteiger partial charge in [0, 0.05) is 0 Å². The molecule has 1 unspecified atom stereocenters. The lowest BCUT2D eigenvalue weighted by Gasteiger charge is -2.46. The second-order valence-corrected chi connectivity index (χ2v) is 14.4. The Kier molecular flexibility index (Phi) is 6.44. The number of ether oxygens (including phenoxy) is 1. The smallest absolute Gasteiger partial charge is 0.411 e. The topological polar surface area (TPSA) is 55.8 Å². The van der Waals surface area contributed by atoms with Gasteiger partial charge in [-0.05, 0) is 36.2 Å². The number of carbonyl (C=O) groups is 2. The van der Waals surface area contributed by atoms with E-state index in [1.165, 1.54) is 4.90 Å². The molecular weight excluding hydrogens is 406 g/mol. The van der Waals surface area contributed by atoms with E-state index in [0.29, 0.717) is 0 Å². The van der Waals surface area contributed by atoms with Gasteiger partial charge in [-0.15, -0.1) is 0 Å². The largest absolute Gasteiger partial charge is 0.444 e. The molecule has 1 fully saturated rings. The highest BCUT2D eigenvalue weighted by Gasteiger charge is 2.52. The number of likely N-dealkylation sites (tertiary alicyclic amines) is 1. The predicted octanol–water partition coefficient (Wildman–Crippen LogP) is 3.75. The van der Waals surface area contributed by atoms with Gasteiger partial charge in [-0.1, -0.05) is 81.4 Å². The van der Waals surface area contributed by atoms with Crippen LogP contribution in [-0.4, -0.2) is 49.9 Å². The van der Waals surface area contributed by atoms with E-state index in [1.54, 1.807) is 0 Å². The molecule has 1 aliphatic rings. The van der Waals surface area contributed by atoms with Gasteiger partial charge in [0.25, 0.3) is 8.32 Å². The first-order valence-corrected chi connectivity index (χ1v) is 12.6. The molecule has 0 radical (unpaired) electrons. The molecule has 1 saturated heterocycles. The molecule has 5 nitrogen and oxygen atoms in total. The molecule has 2 aromatic rings. The van der Waals surface area contributed by atoms with Crippen LogP contribution in [0.15, 0.2) is 60.7 Å². The summed E-state index contributed by atoms with van der Waals surface area (Å²) in [6.45, 7) is 12.3. The molecule has 1 amide bonds. The maximum Gasteiger partial charge on any atom is 0.411 e. The fraction of sp³-hybridized carbons (Fsp3) is 0.440. The zero-order valence-electron chi connectivity index (χ0n) is 19.3. The second-order valence-electron chi connectivity index (χ2n) is 10.1. The van der Waals surface area contributed by atoms with E-state index >= 15 is 0 Å². The van der Waals surface area contributed by atoms with E-state index in [1.807, 2.05) is 57.2 Å². The van der Waals surface area contributed by atoms with Crippen molar-refractivity contribution in [2.75, 3.05) is 13.2 Å². The maximum atomic E-state index is 12.6. The second kappa shape index (κ2) is 8.59. The molecule has 1 atom stereocenters. The normalized spacial score (nSPS) is 17.3. The number of rotatable bonds is 5. The molecule has 1 aliphatic heterocycles. The highest BCUT2D eigenvalue weighted by molar-refractivity contribution is 6.99. The average Bonchev–Trinajstić information content (AvgIpc) is 2.68. The summed E-state index contributed by atoms with van der Waals surface area (Å²) in [6.07, 6.45) is -0.469. The van der Waals surface area contributed by atoms with Crippen LogP contribution in [0.4, 0.5) is 4.79 Å². The van der Waals surface area contributed by atoms with Crippen LogP contribution < -0.4 is 10.4 Å². The van der Waals surface area contributed by atoms with E-state index in [4.69, 9.17) is 9.16 Å². The Bertz CT molecular complexity index is 877. The Morgan fingerprint density at radius 1 is 0.935 bits per heavy atom. The Morgan fingerprint density at radius 3 is 1.81 bits per heavy atom. The molecule has 3 rings (SSSR count). The van der Waals surface area contributed by atoms with Gasteiger partial charge >= 0.3 is 6.09 Å². The lowest BCUT2D eigenvalue weighted by atomic mass is 10.0. The van der Waals surface area contributed by atoms with E-state index in [9.17, 15) is 9.59 Å². The predicted molar refractivity (Wildman–Crippen MR) is 125 cm³/mol. The van der Waals surface area contributed by atoms with Crippen LogP contribution in [0.5, 0.6) is 0 Å². The molecule has 0 aliphatic carbocycles. The van der Waals surface area contributed by atoms with Gasteiger partial charge in [0.05, 0.1) is 13.2 Å². The first-order valence-electron chi connectivity index (χ1n) is 10.7. The third kappa shape index (κ3) is 4.75. The van der Waals surface area contributed by atoms with Crippen molar-refractivity contribution in [2.24, 2.45) is 0 Å². The van der Waals surface area contributed by atoms with Crippen molar-refractivity contribution < 1.29 is 18.8 Å². The van der Waals surface area contributed by atoms with E-state index in [-0.39, 0.29) is 24.0 Å². The first-order chi connectivity index (χ1) is 14.5. The number of nitrogens with zero attached hydrogens (tertiary/aromatic N) is 1. The SMILES string of the molecule is CC(C)(C)OC(=O)N1CC(=O)C1CO[Si](c1ccccc1)(c1ccccc1)C(C)(C)C. The van der Waals surface area contributed by atoms with Crippen LogP contribution in [-0.2, 0) is 14.0 Å². The Hall–Kier alpha value is -2.44. The summed E-state index contributed by atoms with van der Waals surface area (Å²) in [5.74, 6) is 0.00351. The molecule has 0 aromatic heterocycles. The molecule has 0 saturated carbocycles. The van der Waals surface area contributed by atoms with Gasteiger partial charge in [-0.25, -0.2) is 4.79 Å². The van der Waals surface area contributed by atoms with Crippen molar-refractivity contribution >= 4 is 30.6 Å². The van der Waals surface area contributed by atoms with Crippen LogP contribution in [0, 0.1) is 0 Å². The lowest BCUT2D eigenvalue weighted by Crippen LogP contribution is -2.69. The summed E-state index contributed by atoms with van der Waals surface area (Å²) in [7, 11) is -2.77. The van der Waals surface area contributed by atoms with Gasteiger partial charge < -0.3 is 9.16 Å². The van der Waals surface area contributed by atoms with Crippen LogP contribution in [0.2, 0.25) is 5.04 Å². The number of ketones is 1. The molecular formula is C25H33NO4Si. The molecule has 0 bridgehead atoms. The average molecular weight is 440 g/mol. The molecule has 166 valence electrons. The highest BCUT2D eigenvalue weighted by Crippen LogP contribution is 2.37. The number of hydrogen-bond acceptors (Lipinski definition) is 4. The maximum absolute atomic E-state index is 12.6. The lowest BCUT2D eigenvalue weighted by molar-refractivity contribution is -0.137. The molecule has 31 heavy (non-hydrogen) atoms. The number of hydrogen-bond donors (Lipinski definition) is 0. The molecule has 6 heteroatoms. The standard InChI is InChI=1S/C25H33NO4Si/c1-24(2,3)30-23(28)26-17-22(27)21(26)18-29-31(25(4,5)6,19-13-9-7-10-14-19)20-15-11-8-12-16-20/h7-16,21H,17-18H2,1-6H3. The van der Waals surface area contributed by atoms with Gasteiger partial charge in [-0.2, -0.15) is 0 Å². The fourth-order valence-electron chi connectivity index (χ4n) is 4.11. The van der Waals surface area contributed by atoms with Gasteiger partial charge in [-0.3, -0.25) is 9.69 Å². The van der Waals surface area contributed by atoms with Crippen molar-refractivity contribution in [3.8, 4) is 0 Å². The Morgan fingerprint density at radius 2 is 1.42 bits per heavy atom. The minimum absolute atomic E-state index is 0.00351. The summed E-state index contributed by atoms with van der Waals surface area (Å²) in [5, 5.41) is 2.09. The fourth-order valence-corrected chi connectivity index (χ4v) is 8.67. The summed E-state index contributed by atoms with van der Waals surface area (Å²) in [4.78, 5) is 26.5. The number of carbonyl (C=O) groups excluding carboxylic acids is 2. The summed E-state index contributed by atoms with van der Waals surface area (Å²) in [6, 6.07) is 19.9. The van der Waals surface area contributed by atoms with Crippen molar-refractivity contribution in [1.29, 1.82) is 0 Å².